The number of nitrogens with zero attached hydrogens (tertiary/aromatic N) is 1. The van der Waals surface area contributed by atoms with E-state index < -0.39 is 0 Å². The van der Waals surface area contributed by atoms with E-state index in [1.165, 1.54) is 11.8 Å². The van der Waals surface area contributed by atoms with E-state index in [0.717, 1.165) is 16.8 Å². The van der Waals surface area contributed by atoms with Gasteiger partial charge in [-0.05, 0) is 42.3 Å². The lowest BCUT2D eigenvalue weighted by Gasteiger charge is -2.17. The van der Waals surface area contributed by atoms with Crippen molar-refractivity contribution >= 4 is 35.2 Å². The van der Waals surface area contributed by atoms with Gasteiger partial charge in [0.1, 0.15) is 0 Å². The van der Waals surface area contributed by atoms with Crippen molar-refractivity contribution in [3.63, 3.8) is 0 Å². The van der Waals surface area contributed by atoms with Crippen molar-refractivity contribution in [1.82, 2.24) is 10.2 Å². The highest BCUT2D eigenvalue weighted by molar-refractivity contribution is 8.00. The van der Waals surface area contributed by atoms with Crippen LogP contribution in [0.2, 0.25) is 0 Å². The molecule has 2 aromatic rings. The van der Waals surface area contributed by atoms with Crippen LogP contribution < -0.4 is 10.6 Å². The van der Waals surface area contributed by atoms with Gasteiger partial charge in [-0.2, -0.15) is 0 Å². The third kappa shape index (κ3) is 6.74. The average Bonchev–Trinajstić information content (AvgIpc) is 2.67. The van der Waals surface area contributed by atoms with Crippen LogP contribution >= 0.6 is 11.8 Å². The Kier molecular flexibility index (Phi) is 8.07. The lowest BCUT2D eigenvalue weighted by atomic mass is 10.1. The summed E-state index contributed by atoms with van der Waals surface area (Å²) in [5.74, 6) is 0.124. The predicted molar refractivity (Wildman–Crippen MR) is 113 cm³/mol. The van der Waals surface area contributed by atoms with Crippen LogP contribution in [-0.4, -0.2) is 48.2 Å². The number of hydrogen-bond acceptors (Lipinski definition) is 4. The van der Waals surface area contributed by atoms with Gasteiger partial charge in [0.25, 0.3) is 5.91 Å². The van der Waals surface area contributed by atoms with Gasteiger partial charge in [-0.1, -0.05) is 24.3 Å². The number of carbonyl (C=O) groups is 3. The van der Waals surface area contributed by atoms with Crippen LogP contribution in [-0.2, 0) is 16.1 Å². The molecule has 0 aliphatic heterocycles. The summed E-state index contributed by atoms with van der Waals surface area (Å²) in [4.78, 5) is 37.4. The van der Waals surface area contributed by atoms with Gasteiger partial charge in [-0.15, -0.1) is 11.8 Å². The highest BCUT2D eigenvalue weighted by Crippen LogP contribution is 2.12. The smallest absolute Gasteiger partial charge is 0.251 e. The predicted octanol–water partition coefficient (Wildman–Crippen LogP) is 2.68. The van der Waals surface area contributed by atoms with Gasteiger partial charge < -0.3 is 15.5 Å². The summed E-state index contributed by atoms with van der Waals surface area (Å²) < 4.78 is 0. The molecule has 0 aliphatic carbocycles. The van der Waals surface area contributed by atoms with E-state index in [1.54, 1.807) is 31.1 Å². The first-order valence-electron chi connectivity index (χ1n) is 8.88. The summed E-state index contributed by atoms with van der Waals surface area (Å²) in [6.07, 6.45) is 0. The highest BCUT2D eigenvalue weighted by Gasteiger charge is 2.12. The summed E-state index contributed by atoms with van der Waals surface area (Å²) in [6, 6.07) is 14.7. The number of nitrogens with one attached hydrogen (secondary N) is 2. The van der Waals surface area contributed by atoms with E-state index in [-0.39, 0.29) is 29.2 Å². The Hall–Kier alpha value is -2.80. The van der Waals surface area contributed by atoms with E-state index in [4.69, 9.17) is 0 Å². The first-order valence-corrected chi connectivity index (χ1v) is 10.0. The molecule has 3 amide bonds. The van der Waals surface area contributed by atoms with Crippen LogP contribution in [0.4, 0.5) is 5.69 Å². The molecule has 0 fully saturated rings. The van der Waals surface area contributed by atoms with Gasteiger partial charge in [0.05, 0.1) is 11.5 Å². The van der Waals surface area contributed by atoms with Gasteiger partial charge in [-0.25, -0.2) is 0 Å². The molecular formula is C21H25N3O3S. The number of hydrogen-bond donors (Lipinski definition) is 2. The third-order valence-corrected chi connectivity index (χ3v) is 4.97. The number of amides is 3. The number of aryl methyl sites for hydroxylation is 1. The van der Waals surface area contributed by atoms with Gasteiger partial charge >= 0.3 is 0 Å². The zero-order valence-corrected chi connectivity index (χ0v) is 17.1. The van der Waals surface area contributed by atoms with E-state index in [1.807, 2.05) is 43.3 Å². The fourth-order valence-electron chi connectivity index (χ4n) is 2.53. The minimum Gasteiger partial charge on any atom is -0.355 e. The molecule has 6 nitrogen and oxygen atoms in total. The monoisotopic (exact) mass is 399 g/mol. The standard InChI is InChI=1S/C21H25N3O3S/c1-15-5-4-6-18(11-15)23-19(25)13-28-14-20(26)24(3)12-16-7-9-17(10-8-16)21(27)22-2/h4-11H,12-14H2,1-3H3,(H,22,27)(H,23,25). The highest BCUT2D eigenvalue weighted by atomic mass is 32.2. The molecular weight excluding hydrogens is 374 g/mol. The van der Waals surface area contributed by atoms with Crippen LogP contribution in [0.3, 0.4) is 0 Å². The fourth-order valence-corrected chi connectivity index (χ4v) is 3.28. The molecule has 0 unspecified atom stereocenters. The lowest BCUT2D eigenvalue weighted by molar-refractivity contribution is -0.127. The molecule has 0 spiro atoms. The van der Waals surface area contributed by atoms with Crippen LogP contribution in [0.25, 0.3) is 0 Å². The molecule has 0 saturated heterocycles. The third-order valence-electron chi connectivity index (χ3n) is 4.05. The molecule has 2 rings (SSSR count). The average molecular weight is 400 g/mol. The molecule has 2 N–H and O–H groups in total. The number of benzene rings is 2. The van der Waals surface area contributed by atoms with Crippen molar-refractivity contribution in [2.75, 3.05) is 30.9 Å². The number of rotatable bonds is 8. The second-order valence-electron chi connectivity index (χ2n) is 6.44. The summed E-state index contributed by atoms with van der Waals surface area (Å²) in [5.41, 5.74) is 3.35. The molecule has 28 heavy (non-hydrogen) atoms. The van der Waals surface area contributed by atoms with Crippen LogP contribution in [0.5, 0.6) is 0 Å². The van der Waals surface area contributed by atoms with Gasteiger partial charge in [0, 0.05) is 31.9 Å². The zero-order chi connectivity index (χ0) is 20.5. The molecule has 0 aliphatic rings. The maximum absolute atomic E-state index is 12.3. The number of thioether (sulfide) groups is 1. The SMILES string of the molecule is CNC(=O)c1ccc(CN(C)C(=O)CSCC(=O)Nc2cccc(C)c2)cc1. The minimum atomic E-state index is -0.142. The largest absolute Gasteiger partial charge is 0.355 e. The molecule has 0 bridgehead atoms. The summed E-state index contributed by atoms with van der Waals surface area (Å²) in [6.45, 7) is 2.41. The van der Waals surface area contributed by atoms with Crippen molar-refractivity contribution in [2.24, 2.45) is 0 Å². The van der Waals surface area contributed by atoms with Crippen molar-refractivity contribution in [2.45, 2.75) is 13.5 Å². The lowest BCUT2D eigenvalue weighted by Crippen LogP contribution is -2.28. The first-order chi connectivity index (χ1) is 13.4. The van der Waals surface area contributed by atoms with Crippen molar-refractivity contribution < 1.29 is 14.4 Å². The maximum atomic E-state index is 12.3. The molecule has 0 aromatic heterocycles. The van der Waals surface area contributed by atoms with Crippen LogP contribution in [0.15, 0.2) is 48.5 Å². The Morgan fingerprint density at radius 2 is 1.75 bits per heavy atom. The van der Waals surface area contributed by atoms with Gasteiger partial charge in [0.2, 0.25) is 11.8 Å². The molecule has 2 aromatic carbocycles. The van der Waals surface area contributed by atoms with Crippen molar-refractivity contribution in [3.8, 4) is 0 Å². The fraction of sp³-hybridized carbons (Fsp3) is 0.286. The molecule has 148 valence electrons. The minimum absolute atomic E-state index is 0.0521. The van der Waals surface area contributed by atoms with E-state index in [2.05, 4.69) is 10.6 Å². The maximum Gasteiger partial charge on any atom is 0.251 e. The van der Waals surface area contributed by atoms with Crippen LogP contribution in [0.1, 0.15) is 21.5 Å². The van der Waals surface area contributed by atoms with Gasteiger partial charge in [-0.3, -0.25) is 14.4 Å². The van der Waals surface area contributed by atoms with E-state index in [9.17, 15) is 14.4 Å². The molecule has 0 saturated carbocycles. The van der Waals surface area contributed by atoms with E-state index in [0.29, 0.717) is 12.1 Å². The van der Waals surface area contributed by atoms with E-state index >= 15 is 0 Å². The number of anilines is 1. The Bertz CT molecular complexity index is 837. The molecule has 0 atom stereocenters. The number of carbonyl (C=O) groups excluding carboxylic acids is 3. The van der Waals surface area contributed by atoms with Crippen molar-refractivity contribution in [3.05, 3.63) is 65.2 Å². The summed E-state index contributed by atoms with van der Waals surface area (Å²) in [7, 11) is 3.31. The Morgan fingerprint density at radius 1 is 1.04 bits per heavy atom. The molecule has 0 radical (unpaired) electrons. The first kappa shape index (κ1) is 21.5. The second kappa shape index (κ2) is 10.5. The zero-order valence-electron chi connectivity index (χ0n) is 16.3. The topological polar surface area (TPSA) is 78.5 Å². The Labute approximate surface area is 169 Å². The van der Waals surface area contributed by atoms with Crippen LogP contribution in [0, 0.1) is 6.92 Å². The summed E-state index contributed by atoms with van der Waals surface area (Å²) in [5, 5.41) is 5.40. The Balaban J connectivity index is 1.74. The molecule has 7 heteroatoms. The Morgan fingerprint density at radius 3 is 2.39 bits per heavy atom. The quantitative estimate of drug-likeness (QED) is 0.715. The van der Waals surface area contributed by atoms with Gasteiger partial charge in [0.15, 0.2) is 0 Å². The second-order valence-corrected chi connectivity index (χ2v) is 7.42. The summed E-state index contributed by atoms with van der Waals surface area (Å²) >= 11 is 1.28. The normalized spacial score (nSPS) is 10.2. The molecule has 0 heterocycles. The van der Waals surface area contributed by atoms with Crippen molar-refractivity contribution in [1.29, 1.82) is 0 Å².